The monoisotopic (exact) mass is 289 g/mol. The van der Waals surface area contributed by atoms with Gasteiger partial charge in [0.05, 0.1) is 0 Å². The van der Waals surface area contributed by atoms with E-state index in [9.17, 15) is 0 Å². The molecule has 0 aliphatic heterocycles. The molecule has 0 spiro atoms. The normalized spacial score (nSPS) is 18.6. The number of hydrazone groups is 1. The number of hydrogen-bond donors (Lipinski definition) is 2. The molecule has 2 N–H and O–H groups in total. The van der Waals surface area contributed by atoms with E-state index >= 15 is 0 Å². The van der Waals surface area contributed by atoms with E-state index in [1.165, 1.54) is 29.7 Å². The van der Waals surface area contributed by atoms with Gasteiger partial charge in [-0.3, -0.25) is 5.43 Å². The maximum atomic E-state index is 5.32. The lowest BCUT2D eigenvalue weighted by molar-refractivity contribution is 0.482. The standard InChI is InChI=1S/C16H23N3S/c1-11-7-9-14(10-8-11)18-19-16(20)17-15-12(2)5-4-6-13(15)3/h4-6,11H,7-10H2,1-3H3,(H2,17,19,20). The Morgan fingerprint density at radius 1 is 1.20 bits per heavy atom. The van der Waals surface area contributed by atoms with Gasteiger partial charge in [0.25, 0.3) is 0 Å². The first-order chi connectivity index (χ1) is 9.56. The fraction of sp³-hybridized carbons (Fsp3) is 0.500. The van der Waals surface area contributed by atoms with Crippen molar-refractivity contribution in [3.05, 3.63) is 29.3 Å². The van der Waals surface area contributed by atoms with Crippen molar-refractivity contribution >= 4 is 28.7 Å². The zero-order chi connectivity index (χ0) is 14.5. The molecule has 0 unspecified atom stereocenters. The Hall–Kier alpha value is -1.42. The molecule has 0 atom stereocenters. The van der Waals surface area contributed by atoms with Crippen LogP contribution in [-0.2, 0) is 0 Å². The highest BCUT2D eigenvalue weighted by Gasteiger charge is 2.13. The number of para-hydroxylation sites is 1. The number of benzene rings is 1. The van der Waals surface area contributed by atoms with Crippen molar-refractivity contribution < 1.29 is 0 Å². The fourth-order valence-corrected chi connectivity index (χ4v) is 2.64. The highest BCUT2D eigenvalue weighted by molar-refractivity contribution is 7.80. The van der Waals surface area contributed by atoms with Crippen LogP contribution in [-0.4, -0.2) is 10.8 Å². The van der Waals surface area contributed by atoms with E-state index in [0.717, 1.165) is 24.4 Å². The summed E-state index contributed by atoms with van der Waals surface area (Å²) in [6.07, 6.45) is 4.63. The molecule has 1 aromatic carbocycles. The molecule has 20 heavy (non-hydrogen) atoms. The Labute approximate surface area is 126 Å². The molecule has 1 fully saturated rings. The number of rotatable bonds is 2. The Morgan fingerprint density at radius 2 is 1.80 bits per heavy atom. The zero-order valence-corrected chi connectivity index (χ0v) is 13.3. The first-order valence-electron chi connectivity index (χ1n) is 7.25. The molecule has 3 nitrogen and oxygen atoms in total. The van der Waals surface area contributed by atoms with Crippen LogP contribution < -0.4 is 10.7 Å². The lowest BCUT2D eigenvalue weighted by Crippen LogP contribution is -2.26. The van der Waals surface area contributed by atoms with Crippen molar-refractivity contribution in [1.29, 1.82) is 0 Å². The lowest BCUT2D eigenvalue weighted by Gasteiger charge is -2.19. The number of hydrogen-bond acceptors (Lipinski definition) is 2. The molecule has 0 heterocycles. The molecule has 108 valence electrons. The van der Waals surface area contributed by atoms with Crippen LogP contribution in [0.5, 0.6) is 0 Å². The van der Waals surface area contributed by atoms with E-state index in [2.05, 4.69) is 54.8 Å². The topological polar surface area (TPSA) is 36.4 Å². The van der Waals surface area contributed by atoms with Gasteiger partial charge in [-0.05, 0) is 68.8 Å². The third kappa shape index (κ3) is 4.04. The molecule has 0 radical (unpaired) electrons. The third-order valence-electron chi connectivity index (χ3n) is 3.89. The van der Waals surface area contributed by atoms with Gasteiger partial charge >= 0.3 is 0 Å². The number of nitrogens with one attached hydrogen (secondary N) is 2. The van der Waals surface area contributed by atoms with Crippen LogP contribution in [0, 0.1) is 19.8 Å². The van der Waals surface area contributed by atoms with E-state index in [1.807, 2.05) is 0 Å². The van der Waals surface area contributed by atoms with Crippen molar-refractivity contribution in [3.8, 4) is 0 Å². The van der Waals surface area contributed by atoms with Crippen LogP contribution in [0.15, 0.2) is 23.3 Å². The van der Waals surface area contributed by atoms with Crippen molar-refractivity contribution in [3.63, 3.8) is 0 Å². The summed E-state index contributed by atoms with van der Waals surface area (Å²) in [5.74, 6) is 0.827. The minimum absolute atomic E-state index is 0.563. The quantitative estimate of drug-likeness (QED) is 0.634. The van der Waals surface area contributed by atoms with Crippen molar-refractivity contribution in [2.75, 3.05) is 5.32 Å². The molecule has 4 heteroatoms. The molecule has 0 amide bonds. The first-order valence-corrected chi connectivity index (χ1v) is 7.65. The van der Waals surface area contributed by atoms with Crippen LogP contribution in [0.4, 0.5) is 5.69 Å². The molecule has 2 rings (SSSR count). The summed E-state index contributed by atoms with van der Waals surface area (Å²) in [5.41, 5.74) is 7.66. The van der Waals surface area contributed by atoms with Gasteiger partial charge in [-0.2, -0.15) is 5.10 Å². The summed E-state index contributed by atoms with van der Waals surface area (Å²) in [6, 6.07) is 6.20. The minimum atomic E-state index is 0.563. The van der Waals surface area contributed by atoms with Crippen molar-refractivity contribution in [2.45, 2.75) is 46.5 Å². The lowest BCUT2D eigenvalue weighted by atomic mass is 9.90. The fourth-order valence-electron chi connectivity index (χ4n) is 2.49. The Morgan fingerprint density at radius 3 is 2.40 bits per heavy atom. The average Bonchev–Trinajstić information content (AvgIpc) is 2.42. The summed E-state index contributed by atoms with van der Waals surface area (Å²) >= 11 is 5.32. The molecule has 1 aromatic rings. The molecule has 1 aliphatic carbocycles. The second kappa shape index (κ2) is 6.84. The largest absolute Gasteiger partial charge is 0.331 e. The van der Waals surface area contributed by atoms with Crippen LogP contribution in [0.3, 0.4) is 0 Å². The van der Waals surface area contributed by atoms with E-state index in [4.69, 9.17) is 12.2 Å². The van der Waals surface area contributed by atoms with Gasteiger partial charge in [0, 0.05) is 11.4 Å². The van der Waals surface area contributed by atoms with Crippen molar-refractivity contribution in [1.82, 2.24) is 5.43 Å². The molecular formula is C16H23N3S. The second-order valence-corrected chi connectivity index (χ2v) is 6.10. The van der Waals surface area contributed by atoms with E-state index in [1.54, 1.807) is 0 Å². The van der Waals surface area contributed by atoms with Gasteiger partial charge in [-0.15, -0.1) is 0 Å². The van der Waals surface area contributed by atoms with Crippen LogP contribution >= 0.6 is 12.2 Å². The van der Waals surface area contributed by atoms with Crippen LogP contribution in [0.1, 0.15) is 43.7 Å². The SMILES string of the molecule is Cc1cccc(C)c1NC(=S)NN=C1CCC(C)CC1. The molecule has 0 saturated heterocycles. The van der Waals surface area contributed by atoms with Crippen LogP contribution in [0.25, 0.3) is 0 Å². The number of aryl methyl sites for hydroxylation is 2. The summed E-state index contributed by atoms with van der Waals surface area (Å²) in [6.45, 7) is 6.45. The summed E-state index contributed by atoms with van der Waals surface area (Å²) in [7, 11) is 0. The predicted octanol–water partition coefficient (Wildman–Crippen LogP) is 4.16. The highest BCUT2D eigenvalue weighted by atomic mass is 32.1. The zero-order valence-electron chi connectivity index (χ0n) is 12.5. The first kappa shape index (κ1) is 15.0. The van der Waals surface area contributed by atoms with Gasteiger partial charge in [0.15, 0.2) is 5.11 Å². The van der Waals surface area contributed by atoms with E-state index in [0.29, 0.717) is 5.11 Å². The average molecular weight is 289 g/mol. The number of nitrogens with zero attached hydrogens (tertiary/aromatic N) is 1. The van der Waals surface area contributed by atoms with Gasteiger partial charge in [-0.1, -0.05) is 25.1 Å². The molecule has 1 saturated carbocycles. The van der Waals surface area contributed by atoms with E-state index < -0.39 is 0 Å². The Balaban J connectivity index is 1.91. The van der Waals surface area contributed by atoms with Gasteiger partial charge in [0.2, 0.25) is 0 Å². The Bertz CT molecular complexity index is 492. The highest BCUT2D eigenvalue weighted by Crippen LogP contribution is 2.21. The van der Waals surface area contributed by atoms with Crippen LogP contribution in [0.2, 0.25) is 0 Å². The number of anilines is 1. The Kier molecular flexibility index (Phi) is 5.12. The predicted molar refractivity (Wildman–Crippen MR) is 90.3 cm³/mol. The van der Waals surface area contributed by atoms with Gasteiger partial charge in [-0.25, -0.2) is 0 Å². The number of thiocarbonyl (C=S) groups is 1. The minimum Gasteiger partial charge on any atom is -0.331 e. The van der Waals surface area contributed by atoms with Gasteiger partial charge < -0.3 is 5.32 Å². The maximum Gasteiger partial charge on any atom is 0.191 e. The maximum absolute atomic E-state index is 5.32. The van der Waals surface area contributed by atoms with Gasteiger partial charge in [0.1, 0.15) is 0 Å². The summed E-state index contributed by atoms with van der Waals surface area (Å²) in [5, 5.41) is 8.24. The molecule has 1 aliphatic rings. The summed E-state index contributed by atoms with van der Waals surface area (Å²) < 4.78 is 0. The van der Waals surface area contributed by atoms with E-state index in [-0.39, 0.29) is 0 Å². The second-order valence-electron chi connectivity index (χ2n) is 5.69. The molecule has 0 bridgehead atoms. The van der Waals surface area contributed by atoms with Crippen molar-refractivity contribution in [2.24, 2.45) is 11.0 Å². The molecular weight excluding hydrogens is 266 g/mol. The summed E-state index contributed by atoms with van der Waals surface area (Å²) in [4.78, 5) is 0. The third-order valence-corrected chi connectivity index (χ3v) is 4.08. The molecule has 0 aromatic heterocycles. The smallest absolute Gasteiger partial charge is 0.191 e.